The number of pyridine rings is 1. The molecule has 1 aromatic carbocycles. The first-order valence-electron chi connectivity index (χ1n) is 6.83. The van der Waals surface area contributed by atoms with Crippen LogP contribution in [0.4, 0.5) is 0 Å². The van der Waals surface area contributed by atoms with E-state index < -0.39 is 0 Å². The van der Waals surface area contributed by atoms with Crippen molar-refractivity contribution in [1.82, 2.24) is 4.98 Å². The average Bonchev–Trinajstić information content (AvgIpc) is 2.47. The van der Waals surface area contributed by atoms with Crippen LogP contribution in [0.15, 0.2) is 47.5 Å². The molecule has 0 saturated heterocycles. The van der Waals surface area contributed by atoms with Gasteiger partial charge in [-0.3, -0.25) is 9.78 Å². The molecule has 0 spiro atoms. The standard InChI is InChI=1S/C17H19NOS/c1-3-14-8-9-15(18-11-14)10-16(19)12-20-17-7-5-4-6-13(17)2/h4-9,11H,3,10,12H2,1-2H3. The van der Waals surface area contributed by atoms with E-state index in [0.717, 1.165) is 12.1 Å². The largest absolute Gasteiger partial charge is 0.298 e. The summed E-state index contributed by atoms with van der Waals surface area (Å²) in [5, 5.41) is 0. The maximum Gasteiger partial charge on any atom is 0.149 e. The number of Topliss-reactive ketones (excluding diaryl/α,β-unsaturated/α-hetero) is 1. The summed E-state index contributed by atoms with van der Waals surface area (Å²) in [5.74, 6) is 0.720. The lowest BCUT2D eigenvalue weighted by molar-refractivity contribution is -0.116. The molecule has 1 aromatic heterocycles. The van der Waals surface area contributed by atoms with Crippen LogP contribution in [-0.2, 0) is 17.6 Å². The van der Waals surface area contributed by atoms with Crippen LogP contribution in [0.5, 0.6) is 0 Å². The molecule has 3 heteroatoms. The van der Waals surface area contributed by atoms with Gasteiger partial charge < -0.3 is 0 Å². The molecule has 0 unspecified atom stereocenters. The number of carbonyl (C=O) groups is 1. The maximum absolute atomic E-state index is 12.0. The third-order valence-electron chi connectivity index (χ3n) is 3.15. The van der Waals surface area contributed by atoms with Crippen molar-refractivity contribution >= 4 is 17.5 Å². The van der Waals surface area contributed by atoms with E-state index in [0.29, 0.717) is 12.2 Å². The van der Waals surface area contributed by atoms with Gasteiger partial charge in [0, 0.05) is 23.2 Å². The van der Waals surface area contributed by atoms with Gasteiger partial charge in [-0.1, -0.05) is 31.2 Å². The predicted octanol–water partition coefficient (Wildman–Crippen LogP) is 3.86. The van der Waals surface area contributed by atoms with Crippen molar-refractivity contribution in [2.24, 2.45) is 0 Å². The number of benzene rings is 1. The average molecular weight is 285 g/mol. The Morgan fingerprint density at radius 3 is 2.65 bits per heavy atom. The lowest BCUT2D eigenvalue weighted by Crippen LogP contribution is -2.07. The van der Waals surface area contributed by atoms with Gasteiger partial charge >= 0.3 is 0 Å². The van der Waals surface area contributed by atoms with E-state index in [1.54, 1.807) is 11.8 Å². The molecule has 0 radical (unpaired) electrons. The summed E-state index contributed by atoms with van der Waals surface area (Å²) in [6.45, 7) is 4.17. The topological polar surface area (TPSA) is 30.0 Å². The number of aromatic nitrogens is 1. The summed E-state index contributed by atoms with van der Waals surface area (Å²) in [4.78, 5) is 17.5. The molecule has 1 heterocycles. The number of hydrogen-bond donors (Lipinski definition) is 0. The summed E-state index contributed by atoms with van der Waals surface area (Å²) in [7, 11) is 0. The molecule has 0 aliphatic carbocycles. The Bertz CT molecular complexity index is 578. The lowest BCUT2D eigenvalue weighted by Gasteiger charge is -2.05. The molecule has 0 N–H and O–H groups in total. The number of ketones is 1. The first kappa shape index (κ1) is 14.8. The molecule has 104 valence electrons. The summed E-state index contributed by atoms with van der Waals surface area (Å²) in [5.41, 5.74) is 3.28. The van der Waals surface area contributed by atoms with E-state index in [2.05, 4.69) is 31.0 Å². The lowest BCUT2D eigenvalue weighted by atomic mass is 10.1. The van der Waals surface area contributed by atoms with Crippen LogP contribution < -0.4 is 0 Å². The number of rotatable bonds is 6. The van der Waals surface area contributed by atoms with Crippen molar-refractivity contribution in [2.45, 2.75) is 31.6 Å². The van der Waals surface area contributed by atoms with Crippen molar-refractivity contribution in [3.8, 4) is 0 Å². The number of thioether (sulfide) groups is 1. The van der Waals surface area contributed by atoms with Gasteiger partial charge in [0.05, 0.1) is 5.75 Å². The van der Waals surface area contributed by atoms with Gasteiger partial charge in [-0.05, 0) is 36.6 Å². The molecule has 2 aromatic rings. The Labute approximate surface area is 124 Å². The van der Waals surface area contributed by atoms with Crippen LogP contribution in [0.1, 0.15) is 23.7 Å². The van der Waals surface area contributed by atoms with Crippen LogP contribution in [-0.4, -0.2) is 16.5 Å². The summed E-state index contributed by atoms with van der Waals surface area (Å²) < 4.78 is 0. The fourth-order valence-corrected chi connectivity index (χ4v) is 2.79. The van der Waals surface area contributed by atoms with E-state index in [1.807, 2.05) is 30.5 Å². The Balaban J connectivity index is 1.87. The number of carbonyl (C=O) groups excluding carboxylic acids is 1. The molecule has 0 fully saturated rings. The summed E-state index contributed by atoms with van der Waals surface area (Å²) in [6.07, 6.45) is 3.25. The molecule has 2 nitrogen and oxygen atoms in total. The highest BCUT2D eigenvalue weighted by Crippen LogP contribution is 2.21. The Kier molecular flexibility index (Phi) is 5.36. The molecule has 20 heavy (non-hydrogen) atoms. The number of aryl methyl sites for hydroxylation is 2. The third kappa shape index (κ3) is 4.20. The highest BCUT2D eigenvalue weighted by molar-refractivity contribution is 8.00. The Morgan fingerprint density at radius 1 is 1.20 bits per heavy atom. The maximum atomic E-state index is 12.0. The van der Waals surface area contributed by atoms with Crippen LogP contribution in [0.2, 0.25) is 0 Å². The zero-order valence-electron chi connectivity index (χ0n) is 11.9. The van der Waals surface area contributed by atoms with Crippen molar-refractivity contribution in [3.05, 3.63) is 59.4 Å². The highest BCUT2D eigenvalue weighted by Gasteiger charge is 2.07. The molecule has 0 saturated carbocycles. The second kappa shape index (κ2) is 7.25. The molecule has 0 aliphatic heterocycles. The molecule has 0 amide bonds. The second-order valence-electron chi connectivity index (χ2n) is 4.78. The molecular weight excluding hydrogens is 266 g/mol. The number of nitrogens with zero attached hydrogens (tertiary/aromatic N) is 1. The van der Waals surface area contributed by atoms with E-state index in [1.165, 1.54) is 16.0 Å². The minimum absolute atomic E-state index is 0.218. The van der Waals surface area contributed by atoms with Crippen molar-refractivity contribution < 1.29 is 4.79 Å². The van der Waals surface area contributed by atoms with E-state index >= 15 is 0 Å². The third-order valence-corrected chi connectivity index (χ3v) is 4.39. The second-order valence-corrected chi connectivity index (χ2v) is 5.80. The van der Waals surface area contributed by atoms with E-state index in [-0.39, 0.29) is 5.78 Å². The zero-order valence-corrected chi connectivity index (χ0v) is 12.7. The van der Waals surface area contributed by atoms with Gasteiger partial charge in [0.15, 0.2) is 0 Å². The minimum Gasteiger partial charge on any atom is -0.298 e. The van der Waals surface area contributed by atoms with Gasteiger partial charge in [0.25, 0.3) is 0 Å². The monoisotopic (exact) mass is 285 g/mol. The molecule has 0 atom stereocenters. The van der Waals surface area contributed by atoms with Gasteiger partial charge in [-0.25, -0.2) is 0 Å². The zero-order chi connectivity index (χ0) is 14.4. The predicted molar refractivity (Wildman–Crippen MR) is 84.2 cm³/mol. The quantitative estimate of drug-likeness (QED) is 0.755. The molecule has 2 rings (SSSR count). The normalized spacial score (nSPS) is 10.5. The van der Waals surface area contributed by atoms with E-state index in [9.17, 15) is 4.79 Å². The van der Waals surface area contributed by atoms with Gasteiger partial charge in [0.1, 0.15) is 5.78 Å². The molecule has 0 aliphatic rings. The smallest absolute Gasteiger partial charge is 0.149 e. The van der Waals surface area contributed by atoms with E-state index in [4.69, 9.17) is 0 Å². The first-order valence-corrected chi connectivity index (χ1v) is 7.81. The van der Waals surface area contributed by atoms with Crippen molar-refractivity contribution in [2.75, 3.05) is 5.75 Å². The van der Waals surface area contributed by atoms with Gasteiger partial charge in [-0.2, -0.15) is 0 Å². The molecule has 0 bridgehead atoms. The molecular formula is C17H19NOS. The van der Waals surface area contributed by atoms with Crippen LogP contribution in [0.25, 0.3) is 0 Å². The Hall–Kier alpha value is -1.61. The first-order chi connectivity index (χ1) is 9.69. The van der Waals surface area contributed by atoms with Crippen LogP contribution >= 0.6 is 11.8 Å². The highest BCUT2D eigenvalue weighted by atomic mass is 32.2. The van der Waals surface area contributed by atoms with Gasteiger partial charge in [0.2, 0.25) is 0 Å². The fourth-order valence-electron chi connectivity index (χ4n) is 1.90. The SMILES string of the molecule is CCc1ccc(CC(=O)CSc2ccccc2C)nc1. The Morgan fingerprint density at radius 2 is 2.00 bits per heavy atom. The summed E-state index contributed by atoms with van der Waals surface area (Å²) in [6, 6.07) is 12.1. The van der Waals surface area contributed by atoms with Crippen molar-refractivity contribution in [3.63, 3.8) is 0 Å². The fraction of sp³-hybridized carbons (Fsp3) is 0.294. The summed E-state index contributed by atoms with van der Waals surface area (Å²) >= 11 is 1.60. The minimum atomic E-state index is 0.218. The van der Waals surface area contributed by atoms with Crippen LogP contribution in [0, 0.1) is 6.92 Å². The van der Waals surface area contributed by atoms with Gasteiger partial charge in [-0.15, -0.1) is 11.8 Å². The van der Waals surface area contributed by atoms with Crippen molar-refractivity contribution in [1.29, 1.82) is 0 Å². The van der Waals surface area contributed by atoms with Crippen LogP contribution in [0.3, 0.4) is 0 Å². The number of hydrogen-bond acceptors (Lipinski definition) is 3.